The largest absolute Gasteiger partial charge is 2.00 e. The average molecular weight is 929 g/mol. The monoisotopic (exact) mass is 926 g/mol. The van der Waals surface area contributed by atoms with Crippen molar-refractivity contribution in [2.75, 3.05) is 17.7 Å². The van der Waals surface area contributed by atoms with E-state index in [0.717, 1.165) is 13.1 Å². The number of aromatic nitrogens is 2. The number of alkyl halides is 2. The Morgan fingerprint density at radius 3 is 1.29 bits per heavy atom. The van der Waals surface area contributed by atoms with Crippen LogP contribution in [0.2, 0.25) is 0 Å². The Kier molecular flexibility index (Phi) is 21.5. The van der Waals surface area contributed by atoms with Gasteiger partial charge in [-0.3, -0.25) is 0 Å². The normalized spacial score (nSPS) is 11.7. The van der Waals surface area contributed by atoms with Crippen LogP contribution in [0.1, 0.15) is 12.8 Å². The van der Waals surface area contributed by atoms with E-state index in [4.69, 9.17) is 23.2 Å². The smallest absolute Gasteiger partial charge is 1.00 e. The van der Waals surface area contributed by atoms with Crippen LogP contribution in [-0.4, -0.2) is 29.6 Å². The zero-order chi connectivity index (χ0) is 34.9. The molecular formula is C38H38BBrCl2F4N2P2Pd. The van der Waals surface area contributed by atoms with Gasteiger partial charge < -0.3 is 34.2 Å². The number of halogens is 7. The van der Waals surface area contributed by atoms with Gasteiger partial charge in [-0.1, -0.05) is 139 Å². The summed E-state index contributed by atoms with van der Waals surface area (Å²) in [5.74, 6) is 0. The molecule has 0 radical (unpaired) electrons. The Balaban J connectivity index is 0.000000324. The third-order valence-corrected chi connectivity index (χ3v) is 12.9. The van der Waals surface area contributed by atoms with E-state index in [1.807, 2.05) is 0 Å². The predicted molar refractivity (Wildman–Crippen MR) is 205 cm³/mol. The van der Waals surface area contributed by atoms with Crippen molar-refractivity contribution in [3.8, 4) is 0 Å². The SMILES string of the molecule is ClCCl.F[B-](F)(F)F.[Br-].[Pd+2].[c-]1c2ccccc2n2[n+]1CCCC2.c1ccc(P(CCP(c2ccccc2)c2ccccc2)c2ccccc2)cc1. The quantitative estimate of drug-likeness (QED) is 0.0433. The van der Waals surface area contributed by atoms with E-state index in [0.29, 0.717) is 0 Å². The van der Waals surface area contributed by atoms with Gasteiger partial charge in [0.1, 0.15) is 6.20 Å². The third-order valence-electron chi connectivity index (χ3n) is 7.53. The summed E-state index contributed by atoms with van der Waals surface area (Å²) in [7, 11) is -6.70. The van der Waals surface area contributed by atoms with E-state index in [1.54, 1.807) is 0 Å². The van der Waals surface area contributed by atoms with Crippen LogP contribution in [0.5, 0.6) is 0 Å². The minimum absolute atomic E-state index is 0. The van der Waals surface area contributed by atoms with Crippen LogP contribution in [-0.2, 0) is 33.5 Å². The third kappa shape index (κ3) is 15.4. The summed E-state index contributed by atoms with van der Waals surface area (Å²) >= 11 is 9.53. The molecular weight excluding hydrogens is 890 g/mol. The summed E-state index contributed by atoms with van der Waals surface area (Å²) < 4.78 is 43.5. The summed E-state index contributed by atoms with van der Waals surface area (Å²) in [5.41, 5.74) is 1.32. The number of benzene rings is 5. The van der Waals surface area contributed by atoms with Crippen LogP contribution in [0.15, 0.2) is 146 Å². The van der Waals surface area contributed by atoms with Crippen molar-refractivity contribution < 1.29 is 59.3 Å². The number of hydrogen-bond acceptors (Lipinski definition) is 0. The molecule has 2 nitrogen and oxygen atoms in total. The van der Waals surface area contributed by atoms with Gasteiger partial charge in [0, 0.05) is 11.9 Å². The fourth-order valence-electron chi connectivity index (χ4n) is 5.51. The van der Waals surface area contributed by atoms with Gasteiger partial charge in [0.25, 0.3) is 0 Å². The van der Waals surface area contributed by atoms with E-state index in [2.05, 4.69) is 161 Å². The van der Waals surface area contributed by atoms with E-state index >= 15 is 0 Å². The number of hydrogen-bond donors (Lipinski definition) is 0. The zero-order valence-electron chi connectivity index (χ0n) is 27.6. The molecule has 1 aromatic heterocycles. The molecule has 51 heavy (non-hydrogen) atoms. The first kappa shape index (κ1) is 45.1. The first-order chi connectivity index (χ1) is 23.8. The molecule has 0 aliphatic carbocycles. The second-order valence-electron chi connectivity index (χ2n) is 10.8. The standard InChI is InChI=1S/C26H24P2.C11H12N2.CH2Cl2.BF4.BrH.Pd/c1-5-13-23(14-6-1)27(24-15-7-2-8-16-24)21-22-28(25-17-9-3-10-18-25)26-19-11-4-12-20-26;1-2-6-11-10(5-1)9-12-7-3-4-8-13(11)12;2-1-3;2-1(3,4)5;;/h1-20H,21-22H2;1-2,5-6H,3-4,7-8H2;1H2;;1H;/q;;;-1;;+2/p-1. The molecule has 1 aliphatic heterocycles. The molecule has 0 atom stereocenters. The van der Waals surface area contributed by atoms with Gasteiger partial charge in [0.05, 0.1) is 11.9 Å². The van der Waals surface area contributed by atoms with E-state index in [1.165, 1.54) is 57.3 Å². The number of nitrogens with zero attached hydrogens (tertiary/aromatic N) is 2. The van der Waals surface area contributed by atoms with Gasteiger partial charge in [0.15, 0.2) is 6.54 Å². The van der Waals surface area contributed by atoms with Crippen molar-refractivity contribution in [3.05, 3.63) is 152 Å². The molecule has 5 aromatic carbocycles. The molecule has 0 spiro atoms. The molecule has 13 heteroatoms. The molecule has 0 saturated heterocycles. The second-order valence-corrected chi connectivity index (χ2v) is 16.3. The summed E-state index contributed by atoms with van der Waals surface area (Å²) in [5, 5.41) is 7.32. The number of rotatable bonds is 7. The fraction of sp³-hybridized carbons (Fsp3) is 0.184. The number of aryl methyl sites for hydroxylation is 2. The Morgan fingerprint density at radius 1 is 0.588 bits per heavy atom. The van der Waals surface area contributed by atoms with Crippen LogP contribution in [0.4, 0.5) is 17.3 Å². The van der Waals surface area contributed by atoms with E-state index in [9.17, 15) is 17.3 Å². The minimum Gasteiger partial charge on any atom is -1.00 e. The molecule has 7 rings (SSSR count). The zero-order valence-corrected chi connectivity index (χ0v) is 34.1. The second kappa shape index (κ2) is 24.3. The van der Waals surface area contributed by atoms with Crippen LogP contribution in [0, 0.1) is 6.20 Å². The molecule has 0 fully saturated rings. The van der Waals surface area contributed by atoms with Gasteiger partial charge >= 0.3 is 27.7 Å². The van der Waals surface area contributed by atoms with Crippen LogP contribution in [0.25, 0.3) is 10.9 Å². The molecule has 2 heterocycles. The maximum absolute atomic E-state index is 9.75. The van der Waals surface area contributed by atoms with Gasteiger partial charge in [0.2, 0.25) is 0 Å². The van der Waals surface area contributed by atoms with E-state index in [-0.39, 0.29) is 58.6 Å². The summed E-state index contributed by atoms with van der Waals surface area (Å²) in [6, 6.07) is 52.7. The first-order valence-electron chi connectivity index (χ1n) is 15.9. The van der Waals surface area contributed by atoms with Crippen LogP contribution >= 0.6 is 39.0 Å². The molecule has 0 saturated carbocycles. The molecule has 6 aromatic rings. The van der Waals surface area contributed by atoms with Crippen molar-refractivity contribution >= 4 is 78.4 Å². The Hall–Kier alpha value is -2.06. The van der Waals surface area contributed by atoms with Crippen molar-refractivity contribution in [3.63, 3.8) is 0 Å². The average Bonchev–Trinajstić information content (AvgIpc) is 3.51. The molecule has 272 valence electrons. The summed E-state index contributed by atoms with van der Waals surface area (Å²) in [4.78, 5) is 0. The summed E-state index contributed by atoms with van der Waals surface area (Å²) in [6.07, 6.45) is 8.40. The maximum Gasteiger partial charge on any atom is 2.00 e. The molecule has 1 aliphatic rings. The van der Waals surface area contributed by atoms with Crippen LogP contribution in [0.3, 0.4) is 0 Å². The minimum atomic E-state index is -6.00. The Labute approximate surface area is 335 Å². The molecule has 0 N–H and O–H groups in total. The van der Waals surface area contributed by atoms with Crippen molar-refractivity contribution in [1.29, 1.82) is 0 Å². The van der Waals surface area contributed by atoms with Gasteiger partial charge in [-0.2, -0.15) is 10.7 Å². The maximum atomic E-state index is 9.75. The first-order valence-corrected chi connectivity index (χ1v) is 20.1. The van der Waals surface area contributed by atoms with Gasteiger partial charge in [-0.15, -0.1) is 29.3 Å². The van der Waals surface area contributed by atoms with Crippen molar-refractivity contribution in [2.24, 2.45) is 0 Å². The number of para-hydroxylation sites is 1. The topological polar surface area (TPSA) is 8.81 Å². The Morgan fingerprint density at radius 2 is 0.922 bits per heavy atom. The molecule has 0 amide bonds. The molecule has 0 unspecified atom stereocenters. The fourth-order valence-corrected chi connectivity index (χ4v) is 10.9. The van der Waals surface area contributed by atoms with Crippen molar-refractivity contribution in [2.45, 2.75) is 25.9 Å². The van der Waals surface area contributed by atoms with Crippen LogP contribution < -0.4 is 42.9 Å². The van der Waals surface area contributed by atoms with Gasteiger partial charge in [-0.25, -0.2) is 4.68 Å². The Bertz CT molecular complexity index is 1630. The van der Waals surface area contributed by atoms with Gasteiger partial charge in [-0.05, 0) is 55.8 Å². The van der Waals surface area contributed by atoms with Crippen molar-refractivity contribution in [1.82, 2.24) is 4.68 Å². The summed E-state index contributed by atoms with van der Waals surface area (Å²) in [6.45, 7) is 2.26. The number of fused-ring (bicyclic) bond motifs is 3. The molecule has 0 bridgehead atoms. The van der Waals surface area contributed by atoms with E-state index < -0.39 is 7.25 Å². The predicted octanol–water partition coefficient (Wildman–Crippen LogP) is 6.50.